The van der Waals surface area contributed by atoms with Gasteiger partial charge in [-0.2, -0.15) is 0 Å². The van der Waals surface area contributed by atoms with Gasteiger partial charge >= 0.3 is 0 Å². The molecule has 1 saturated heterocycles. The number of rotatable bonds is 2. The lowest BCUT2D eigenvalue weighted by atomic mass is 9.99. The van der Waals surface area contributed by atoms with Gasteiger partial charge in [0.2, 0.25) is 0 Å². The first-order chi connectivity index (χ1) is 12.1. The van der Waals surface area contributed by atoms with Gasteiger partial charge in [0.15, 0.2) is 0 Å². The standard InChI is InChI=1S/C21H23N3O/c1-15-3-5-18(6-4-15)24-12-9-17-13-19(22-14-20(17)24)21(25)23-10-7-16(2)8-11-23/h3-6,9,12-14,16H,7-8,10-11H2,1-2H3. The molecule has 3 aromatic rings. The minimum Gasteiger partial charge on any atom is -0.337 e. The van der Waals surface area contributed by atoms with Crippen LogP contribution in [0.5, 0.6) is 0 Å². The smallest absolute Gasteiger partial charge is 0.272 e. The van der Waals surface area contributed by atoms with Crippen molar-refractivity contribution in [2.75, 3.05) is 13.1 Å². The minimum absolute atomic E-state index is 0.0527. The van der Waals surface area contributed by atoms with E-state index in [0.29, 0.717) is 11.6 Å². The Labute approximate surface area is 148 Å². The van der Waals surface area contributed by atoms with Crippen LogP contribution in [0.25, 0.3) is 16.6 Å². The summed E-state index contributed by atoms with van der Waals surface area (Å²) in [5.41, 5.74) is 3.91. The van der Waals surface area contributed by atoms with Crippen LogP contribution in [0.4, 0.5) is 0 Å². The second kappa shape index (κ2) is 6.36. The average molecular weight is 333 g/mol. The Bertz CT molecular complexity index is 903. The normalized spacial score (nSPS) is 15.7. The molecule has 1 amide bonds. The third-order valence-electron chi connectivity index (χ3n) is 5.18. The Kier molecular flexibility index (Phi) is 4.04. The highest BCUT2D eigenvalue weighted by Crippen LogP contribution is 2.23. The summed E-state index contributed by atoms with van der Waals surface area (Å²) in [6.07, 6.45) is 6.01. The van der Waals surface area contributed by atoms with Crippen LogP contribution in [0.3, 0.4) is 0 Å². The van der Waals surface area contributed by atoms with E-state index >= 15 is 0 Å². The molecule has 2 aromatic heterocycles. The molecule has 0 saturated carbocycles. The lowest BCUT2D eigenvalue weighted by molar-refractivity contribution is 0.0691. The number of amides is 1. The van der Waals surface area contributed by atoms with Crippen LogP contribution in [0.15, 0.2) is 48.8 Å². The van der Waals surface area contributed by atoms with E-state index in [-0.39, 0.29) is 5.91 Å². The van der Waals surface area contributed by atoms with E-state index in [4.69, 9.17) is 0 Å². The van der Waals surface area contributed by atoms with Crippen LogP contribution in [0.1, 0.15) is 35.8 Å². The highest BCUT2D eigenvalue weighted by atomic mass is 16.2. The third-order valence-corrected chi connectivity index (χ3v) is 5.18. The van der Waals surface area contributed by atoms with Crippen LogP contribution in [0.2, 0.25) is 0 Å². The second-order valence-corrected chi connectivity index (χ2v) is 7.12. The molecule has 0 aliphatic carbocycles. The molecule has 0 unspecified atom stereocenters. The minimum atomic E-state index is 0.0527. The van der Waals surface area contributed by atoms with Crippen molar-refractivity contribution in [3.8, 4) is 5.69 Å². The third kappa shape index (κ3) is 3.04. The highest BCUT2D eigenvalue weighted by Gasteiger charge is 2.22. The molecule has 1 aromatic carbocycles. The SMILES string of the molecule is Cc1ccc(-n2ccc3cc(C(=O)N4CCC(C)CC4)ncc32)cc1. The molecule has 0 radical (unpaired) electrons. The zero-order chi connectivity index (χ0) is 17.4. The number of nitrogens with zero attached hydrogens (tertiary/aromatic N) is 3. The van der Waals surface area contributed by atoms with Gasteiger partial charge in [-0.25, -0.2) is 4.98 Å². The van der Waals surface area contributed by atoms with Crippen LogP contribution in [-0.2, 0) is 0 Å². The first kappa shape index (κ1) is 15.9. The number of aryl methyl sites for hydroxylation is 1. The van der Waals surface area contributed by atoms with Crippen molar-refractivity contribution in [3.63, 3.8) is 0 Å². The van der Waals surface area contributed by atoms with Crippen LogP contribution in [-0.4, -0.2) is 33.4 Å². The largest absolute Gasteiger partial charge is 0.337 e. The zero-order valence-corrected chi connectivity index (χ0v) is 14.8. The van der Waals surface area contributed by atoms with E-state index in [1.54, 1.807) is 0 Å². The molecule has 0 N–H and O–H groups in total. The maximum atomic E-state index is 12.7. The van der Waals surface area contributed by atoms with E-state index in [9.17, 15) is 4.79 Å². The molecule has 0 atom stereocenters. The van der Waals surface area contributed by atoms with Crippen molar-refractivity contribution in [3.05, 3.63) is 60.0 Å². The summed E-state index contributed by atoms with van der Waals surface area (Å²) in [5.74, 6) is 0.764. The van der Waals surface area contributed by atoms with Gasteiger partial charge in [0, 0.05) is 30.4 Å². The van der Waals surface area contributed by atoms with Gasteiger partial charge in [-0.05, 0) is 49.9 Å². The van der Waals surface area contributed by atoms with Crippen LogP contribution < -0.4 is 0 Å². The lowest BCUT2D eigenvalue weighted by Gasteiger charge is -2.30. The molecular weight excluding hydrogens is 310 g/mol. The number of hydrogen-bond donors (Lipinski definition) is 0. The number of fused-ring (bicyclic) bond motifs is 1. The molecule has 4 rings (SSSR count). The molecule has 4 heteroatoms. The van der Waals surface area contributed by atoms with Gasteiger partial charge in [0.05, 0.1) is 11.7 Å². The van der Waals surface area contributed by atoms with Gasteiger partial charge in [0.1, 0.15) is 5.69 Å². The van der Waals surface area contributed by atoms with Crippen molar-refractivity contribution < 1.29 is 4.79 Å². The number of piperidine rings is 1. The molecule has 128 valence electrons. The molecule has 3 heterocycles. The van der Waals surface area contributed by atoms with E-state index in [2.05, 4.69) is 47.7 Å². The number of likely N-dealkylation sites (tertiary alicyclic amines) is 1. The number of carbonyl (C=O) groups excluding carboxylic acids is 1. The Hall–Kier alpha value is -2.62. The van der Waals surface area contributed by atoms with Crippen molar-refractivity contribution in [2.24, 2.45) is 5.92 Å². The zero-order valence-electron chi connectivity index (χ0n) is 14.8. The molecule has 1 fully saturated rings. The van der Waals surface area contributed by atoms with Crippen molar-refractivity contribution in [1.29, 1.82) is 0 Å². The summed E-state index contributed by atoms with van der Waals surface area (Å²) in [6, 6.07) is 12.4. The van der Waals surface area contributed by atoms with Crippen LogP contribution >= 0.6 is 0 Å². The summed E-state index contributed by atoms with van der Waals surface area (Å²) in [4.78, 5) is 19.1. The summed E-state index contributed by atoms with van der Waals surface area (Å²) in [7, 11) is 0. The summed E-state index contributed by atoms with van der Waals surface area (Å²) in [5, 5.41) is 1.05. The molecule has 0 bridgehead atoms. The maximum absolute atomic E-state index is 12.7. The number of benzene rings is 1. The predicted octanol–water partition coefficient (Wildman–Crippen LogP) is 4.21. The average Bonchev–Trinajstić information content (AvgIpc) is 3.05. The first-order valence-corrected chi connectivity index (χ1v) is 8.95. The van der Waals surface area contributed by atoms with E-state index in [0.717, 1.165) is 42.5 Å². The van der Waals surface area contributed by atoms with E-state index in [1.807, 2.05) is 29.4 Å². The lowest BCUT2D eigenvalue weighted by Crippen LogP contribution is -2.38. The van der Waals surface area contributed by atoms with Gasteiger partial charge in [-0.1, -0.05) is 24.6 Å². The second-order valence-electron chi connectivity index (χ2n) is 7.12. The Morgan fingerprint density at radius 1 is 1.12 bits per heavy atom. The summed E-state index contributed by atoms with van der Waals surface area (Å²) in [6.45, 7) is 6.01. The quantitative estimate of drug-likeness (QED) is 0.705. The number of aromatic nitrogens is 2. The molecule has 1 aliphatic rings. The topological polar surface area (TPSA) is 38.1 Å². The molecular formula is C21H23N3O. The number of carbonyl (C=O) groups is 1. The van der Waals surface area contributed by atoms with E-state index < -0.39 is 0 Å². The fourth-order valence-corrected chi connectivity index (χ4v) is 3.45. The van der Waals surface area contributed by atoms with Gasteiger partial charge in [0.25, 0.3) is 5.91 Å². The van der Waals surface area contributed by atoms with Crippen molar-refractivity contribution >= 4 is 16.8 Å². The molecule has 4 nitrogen and oxygen atoms in total. The number of pyridine rings is 1. The Balaban J connectivity index is 1.63. The summed E-state index contributed by atoms with van der Waals surface area (Å²) < 4.78 is 2.11. The molecule has 0 spiro atoms. The Morgan fingerprint density at radius 2 is 1.84 bits per heavy atom. The Morgan fingerprint density at radius 3 is 2.56 bits per heavy atom. The van der Waals surface area contributed by atoms with Gasteiger partial charge < -0.3 is 9.47 Å². The first-order valence-electron chi connectivity index (χ1n) is 8.95. The maximum Gasteiger partial charge on any atom is 0.272 e. The fourth-order valence-electron chi connectivity index (χ4n) is 3.45. The van der Waals surface area contributed by atoms with Gasteiger partial charge in [-0.3, -0.25) is 4.79 Å². The van der Waals surface area contributed by atoms with Crippen LogP contribution in [0, 0.1) is 12.8 Å². The summed E-state index contributed by atoms with van der Waals surface area (Å²) >= 11 is 0. The predicted molar refractivity (Wildman–Crippen MR) is 100 cm³/mol. The van der Waals surface area contributed by atoms with E-state index in [1.165, 1.54) is 5.56 Å². The monoisotopic (exact) mass is 333 g/mol. The van der Waals surface area contributed by atoms with Gasteiger partial charge in [-0.15, -0.1) is 0 Å². The number of hydrogen-bond acceptors (Lipinski definition) is 2. The highest BCUT2D eigenvalue weighted by molar-refractivity contribution is 5.96. The molecule has 25 heavy (non-hydrogen) atoms. The molecule has 1 aliphatic heterocycles. The van der Waals surface area contributed by atoms with Crippen molar-refractivity contribution in [2.45, 2.75) is 26.7 Å². The fraction of sp³-hybridized carbons (Fsp3) is 0.333. The van der Waals surface area contributed by atoms with Crippen molar-refractivity contribution in [1.82, 2.24) is 14.5 Å².